The summed E-state index contributed by atoms with van der Waals surface area (Å²) in [6.07, 6.45) is 0. The van der Waals surface area contributed by atoms with E-state index in [1.54, 1.807) is 0 Å². The molecule has 0 unspecified atom stereocenters. The number of hydrogen-bond donors (Lipinski definition) is 0. The number of nitrogens with zero attached hydrogens (tertiary/aromatic N) is 3. The standard InChI is InChI=1S/C46H31N3O/c1-46(2)36-17-9-6-14-32(36)33-25-24-31(26-37(33)46)45-48-39(28-12-4-3-5-13-28)27-40(49-45)29-20-22-30(23-21-29)43-44-42(34-15-7-10-18-38(34)47-43)35-16-8-11-19-41(35)50-44/h3-27H,1-2H3. The van der Waals surface area contributed by atoms with Crippen molar-refractivity contribution in [2.24, 2.45) is 0 Å². The molecule has 4 heteroatoms. The van der Waals surface area contributed by atoms with E-state index >= 15 is 0 Å². The average molecular weight is 642 g/mol. The maximum absolute atomic E-state index is 6.47. The quantitative estimate of drug-likeness (QED) is 0.192. The van der Waals surface area contributed by atoms with E-state index in [2.05, 4.69) is 141 Å². The minimum Gasteiger partial charge on any atom is -0.454 e. The Labute approximate surface area is 289 Å². The fourth-order valence-corrected chi connectivity index (χ4v) is 7.75. The van der Waals surface area contributed by atoms with Gasteiger partial charge in [0.1, 0.15) is 11.3 Å². The molecule has 9 aromatic rings. The first-order chi connectivity index (χ1) is 24.5. The van der Waals surface area contributed by atoms with E-state index in [1.165, 1.54) is 22.3 Å². The summed E-state index contributed by atoms with van der Waals surface area (Å²) in [6.45, 7) is 4.61. The number of furan rings is 1. The number of hydrogen-bond acceptors (Lipinski definition) is 4. The van der Waals surface area contributed by atoms with Crippen LogP contribution in [0.1, 0.15) is 25.0 Å². The van der Waals surface area contributed by atoms with E-state index in [0.717, 1.165) is 72.2 Å². The molecule has 10 rings (SSSR count). The Kier molecular flexibility index (Phi) is 6.19. The second-order valence-corrected chi connectivity index (χ2v) is 13.6. The maximum atomic E-state index is 6.47. The van der Waals surface area contributed by atoms with Gasteiger partial charge in [-0.1, -0.05) is 141 Å². The Morgan fingerprint density at radius 1 is 0.480 bits per heavy atom. The van der Waals surface area contributed by atoms with Gasteiger partial charge in [0, 0.05) is 43.8 Å². The summed E-state index contributed by atoms with van der Waals surface area (Å²) in [5.41, 5.74) is 14.4. The molecule has 1 aliphatic carbocycles. The molecule has 4 nitrogen and oxygen atoms in total. The molecule has 236 valence electrons. The molecule has 0 spiro atoms. The summed E-state index contributed by atoms with van der Waals surface area (Å²) in [6, 6.07) is 52.9. The molecule has 1 aliphatic rings. The van der Waals surface area contributed by atoms with Gasteiger partial charge in [-0.3, -0.25) is 0 Å². The fraction of sp³-hybridized carbons (Fsp3) is 0.0652. The molecule has 0 aliphatic heterocycles. The van der Waals surface area contributed by atoms with Gasteiger partial charge in [0.25, 0.3) is 0 Å². The first-order valence-electron chi connectivity index (χ1n) is 17.0. The highest BCUT2D eigenvalue weighted by atomic mass is 16.3. The highest BCUT2D eigenvalue weighted by molar-refractivity contribution is 6.20. The summed E-state index contributed by atoms with van der Waals surface area (Å²) in [5, 5.41) is 3.28. The van der Waals surface area contributed by atoms with Crippen LogP contribution in [0, 0.1) is 0 Å². The largest absolute Gasteiger partial charge is 0.454 e. The van der Waals surface area contributed by atoms with Crippen LogP contribution in [0.4, 0.5) is 0 Å². The summed E-state index contributed by atoms with van der Waals surface area (Å²) in [7, 11) is 0. The maximum Gasteiger partial charge on any atom is 0.162 e. The number of pyridine rings is 1. The SMILES string of the molecule is CC1(C)c2ccccc2-c2ccc(-c3nc(-c4ccccc4)cc(-c4ccc(-c5nc6ccccc6c6c5oc5ccccc56)cc4)n3)cc21. The number of rotatable bonds is 4. The van der Waals surface area contributed by atoms with E-state index < -0.39 is 0 Å². The van der Waals surface area contributed by atoms with Gasteiger partial charge in [-0.2, -0.15) is 0 Å². The van der Waals surface area contributed by atoms with Gasteiger partial charge in [-0.15, -0.1) is 0 Å². The molecular formula is C46H31N3O. The highest BCUT2D eigenvalue weighted by Gasteiger charge is 2.35. The van der Waals surface area contributed by atoms with Gasteiger partial charge >= 0.3 is 0 Å². The van der Waals surface area contributed by atoms with Gasteiger partial charge in [-0.25, -0.2) is 15.0 Å². The van der Waals surface area contributed by atoms with Crippen LogP contribution in [-0.2, 0) is 5.41 Å². The monoisotopic (exact) mass is 641 g/mol. The summed E-state index contributed by atoms with van der Waals surface area (Å²) >= 11 is 0. The first kappa shape index (κ1) is 28.6. The van der Waals surface area contributed by atoms with Gasteiger partial charge in [0.05, 0.1) is 16.9 Å². The normalized spacial score (nSPS) is 13.2. The minimum atomic E-state index is -0.111. The predicted octanol–water partition coefficient (Wildman–Crippen LogP) is 11.9. The van der Waals surface area contributed by atoms with Gasteiger partial charge in [0.15, 0.2) is 11.4 Å². The van der Waals surface area contributed by atoms with Crippen molar-refractivity contribution in [3.63, 3.8) is 0 Å². The molecule has 3 heterocycles. The van der Waals surface area contributed by atoms with E-state index in [0.29, 0.717) is 5.82 Å². The van der Waals surface area contributed by atoms with Crippen molar-refractivity contribution >= 4 is 32.8 Å². The third-order valence-electron chi connectivity index (χ3n) is 10.3. The van der Waals surface area contributed by atoms with E-state index in [1.807, 2.05) is 24.3 Å². The molecule has 50 heavy (non-hydrogen) atoms. The van der Waals surface area contributed by atoms with Crippen molar-refractivity contribution in [3.05, 3.63) is 163 Å². The first-order valence-corrected chi connectivity index (χ1v) is 17.0. The summed E-state index contributed by atoms with van der Waals surface area (Å²) in [4.78, 5) is 15.5. The lowest BCUT2D eigenvalue weighted by Crippen LogP contribution is -2.15. The second kappa shape index (κ2) is 10.8. The highest BCUT2D eigenvalue weighted by Crippen LogP contribution is 2.49. The van der Waals surface area contributed by atoms with Crippen LogP contribution in [-0.4, -0.2) is 15.0 Å². The fourth-order valence-electron chi connectivity index (χ4n) is 7.75. The molecule has 0 N–H and O–H groups in total. The topological polar surface area (TPSA) is 51.8 Å². The molecule has 0 saturated carbocycles. The van der Waals surface area contributed by atoms with Crippen molar-refractivity contribution < 1.29 is 4.42 Å². The lowest BCUT2D eigenvalue weighted by Gasteiger charge is -2.21. The molecule has 0 radical (unpaired) electrons. The molecule has 0 fully saturated rings. The molecule has 0 bridgehead atoms. The van der Waals surface area contributed by atoms with Crippen LogP contribution >= 0.6 is 0 Å². The average Bonchev–Trinajstić information content (AvgIpc) is 3.67. The molecule has 0 atom stereocenters. The van der Waals surface area contributed by atoms with Crippen molar-refractivity contribution in [3.8, 4) is 56.3 Å². The zero-order chi connectivity index (χ0) is 33.4. The van der Waals surface area contributed by atoms with Crippen molar-refractivity contribution in [1.82, 2.24) is 15.0 Å². The van der Waals surface area contributed by atoms with Crippen molar-refractivity contribution in [2.45, 2.75) is 19.3 Å². The van der Waals surface area contributed by atoms with Crippen LogP contribution < -0.4 is 0 Å². The Bertz CT molecular complexity index is 2780. The van der Waals surface area contributed by atoms with Gasteiger partial charge < -0.3 is 4.42 Å². The van der Waals surface area contributed by atoms with Crippen LogP contribution in [0.5, 0.6) is 0 Å². The van der Waals surface area contributed by atoms with Crippen LogP contribution in [0.25, 0.3) is 89.1 Å². The summed E-state index contributed by atoms with van der Waals surface area (Å²) in [5.74, 6) is 0.708. The molecular weight excluding hydrogens is 611 g/mol. The van der Waals surface area contributed by atoms with Crippen molar-refractivity contribution in [2.75, 3.05) is 0 Å². The van der Waals surface area contributed by atoms with Crippen molar-refractivity contribution in [1.29, 1.82) is 0 Å². The van der Waals surface area contributed by atoms with Gasteiger partial charge in [-0.05, 0) is 46.5 Å². The number of fused-ring (bicyclic) bond motifs is 8. The predicted molar refractivity (Wildman–Crippen MR) is 204 cm³/mol. The Morgan fingerprint density at radius 3 is 1.92 bits per heavy atom. The smallest absolute Gasteiger partial charge is 0.162 e. The van der Waals surface area contributed by atoms with Crippen LogP contribution in [0.15, 0.2) is 156 Å². The zero-order valence-electron chi connectivity index (χ0n) is 27.7. The Hall–Kier alpha value is -6.39. The third-order valence-corrected chi connectivity index (χ3v) is 10.3. The molecule has 3 aromatic heterocycles. The Balaban J connectivity index is 1.11. The summed E-state index contributed by atoms with van der Waals surface area (Å²) < 4.78 is 6.47. The van der Waals surface area contributed by atoms with Gasteiger partial charge in [0.2, 0.25) is 0 Å². The van der Waals surface area contributed by atoms with E-state index in [9.17, 15) is 0 Å². The van der Waals surface area contributed by atoms with E-state index in [-0.39, 0.29) is 5.41 Å². The minimum absolute atomic E-state index is 0.111. The zero-order valence-corrected chi connectivity index (χ0v) is 27.7. The molecule has 0 saturated heterocycles. The lowest BCUT2D eigenvalue weighted by molar-refractivity contribution is 0.660. The number of benzene rings is 6. The number of aromatic nitrogens is 3. The van der Waals surface area contributed by atoms with Crippen LogP contribution in [0.2, 0.25) is 0 Å². The van der Waals surface area contributed by atoms with E-state index in [4.69, 9.17) is 19.4 Å². The van der Waals surface area contributed by atoms with Crippen LogP contribution in [0.3, 0.4) is 0 Å². The number of para-hydroxylation sites is 2. The molecule has 6 aromatic carbocycles. The Morgan fingerprint density at radius 2 is 1.10 bits per heavy atom. The molecule has 0 amide bonds. The lowest BCUT2D eigenvalue weighted by atomic mass is 9.82. The third kappa shape index (κ3) is 4.35. The second-order valence-electron chi connectivity index (χ2n) is 13.6.